The maximum absolute atomic E-state index is 11.3. The van der Waals surface area contributed by atoms with Gasteiger partial charge in [0.25, 0.3) is 0 Å². The molecular formula is C9H13NO5. The lowest BCUT2D eigenvalue weighted by atomic mass is 10.1. The maximum atomic E-state index is 11.3. The van der Waals surface area contributed by atoms with Crippen molar-refractivity contribution in [3.8, 4) is 0 Å². The van der Waals surface area contributed by atoms with Crippen LogP contribution in [0.2, 0.25) is 0 Å². The Balaban J connectivity index is 2.88. The maximum Gasteiger partial charge on any atom is 0.409 e. The molecule has 1 aliphatic heterocycles. The molecule has 1 heterocycles. The van der Waals surface area contributed by atoms with Crippen LogP contribution in [0.15, 0.2) is 11.3 Å². The third kappa shape index (κ3) is 3.02. The van der Waals surface area contributed by atoms with Crippen molar-refractivity contribution in [1.82, 2.24) is 0 Å². The highest BCUT2D eigenvalue weighted by Crippen LogP contribution is 2.19. The van der Waals surface area contributed by atoms with Gasteiger partial charge >= 0.3 is 11.7 Å². The Labute approximate surface area is 87.0 Å². The summed E-state index contributed by atoms with van der Waals surface area (Å²) in [5, 5.41) is 10.7. The summed E-state index contributed by atoms with van der Waals surface area (Å²) in [6.45, 7) is 2.60. The van der Waals surface area contributed by atoms with Gasteiger partial charge in [0.1, 0.15) is 0 Å². The van der Waals surface area contributed by atoms with Gasteiger partial charge in [-0.15, -0.1) is 0 Å². The van der Waals surface area contributed by atoms with Crippen LogP contribution in [0.5, 0.6) is 0 Å². The number of hydrogen-bond acceptors (Lipinski definition) is 5. The molecule has 1 aliphatic rings. The van der Waals surface area contributed by atoms with E-state index in [9.17, 15) is 14.9 Å². The molecule has 0 aromatic carbocycles. The van der Waals surface area contributed by atoms with Crippen molar-refractivity contribution >= 4 is 5.97 Å². The first-order valence-corrected chi connectivity index (χ1v) is 4.78. The standard InChI is InChI=1S/C9H13NO5/c1-2-15-9(11)8(10(12)13)7-3-5-14-6-4-7/h2-6H2,1H3. The second-order valence-corrected chi connectivity index (χ2v) is 3.04. The predicted octanol–water partition coefficient (Wildman–Crippen LogP) is 0.891. The Morgan fingerprint density at radius 1 is 1.53 bits per heavy atom. The molecule has 0 spiro atoms. The number of hydrogen-bond donors (Lipinski definition) is 0. The lowest BCUT2D eigenvalue weighted by Gasteiger charge is -2.14. The summed E-state index contributed by atoms with van der Waals surface area (Å²) in [5.41, 5.74) is 0.102. The van der Waals surface area contributed by atoms with Crippen LogP contribution in [-0.2, 0) is 14.3 Å². The molecule has 0 radical (unpaired) electrons. The molecular weight excluding hydrogens is 202 g/mol. The number of esters is 1. The normalized spacial score (nSPS) is 15.9. The Kier molecular flexibility index (Phi) is 4.23. The van der Waals surface area contributed by atoms with Crippen LogP contribution >= 0.6 is 0 Å². The number of ether oxygens (including phenoxy) is 2. The first kappa shape index (κ1) is 11.6. The highest BCUT2D eigenvalue weighted by atomic mass is 16.6. The third-order valence-electron chi connectivity index (χ3n) is 2.08. The predicted molar refractivity (Wildman–Crippen MR) is 50.7 cm³/mol. The first-order valence-electron chi connectivity index (χ1n) is 4.78. The topological polar surface area (TPSA) is 78.7 Å². The minimum atomic E-state index is -0.848. The summed E-state index contributed by atoms with van der Waals surface area (Å²) >= 11 is 0. The first-order chi connectivity index (χ1) is 7.16. The smallest absolute Gasteiger partial charge is 0.409 e. The molecule has 6 nitrogen and oxygen atoms in total. The Hall–Kier alpha value is -1.43. The van der Waals surface area contributed by atoms with Gasteiger partial charge in [-0.3, -0.25) is 10.1 Å². The van der Waals surface area contributed by atoms with Gasteiger partial charge in [0.2, 0.25) is 0 Å². The molecule has 0 atom stereocenters. The summed E-state index contributed by atoms with van der Waals surface area (Å²) in [6, 6.07) is 0. The molecule has 0 aliphatic carbocycles. The molecule has 1 fully saturated rings. The minimum absolute atomic E-state index is 0.139. The van der Waals surface area contributed by atoms with Gasteiger partial charge in [-0.2, -0.15) is 0 Å². The van der Waals surface area contributed by atoms with Crippen molar-refractivity contribution < 1.29 is 19.2 Å². The van der Waals surface area contributed by atoms with Crippen LogP contribution in [0.3, 0.4) is 0 Å². The monoisotopic (exact) mass is 215 g/mol. The summed E-state index contributed by atoms with van der Waals surface area (Å²) in [6.07, 6.45) is 0.851. The van der Waals surface area contributed by atoms with Crippen molar-refractivity contribution in [3.63, 3.8) is 0 Å². The Morgan fingerprint density at radius 2 is 2.13 bits per heavy atom. The highest BCUT2D eigenvalue weighted by molar-refractivity contribution is 5.86. The Morgan fingerprint density at radius 3 is 2.60 bits per heavy atom. The van der Waals surface area contributed by atoms with E-state index in [1.54, 1.807) is 6.92 Å². The lowest BCUT2D eigenvalue weighted by molar-refractivity contribution is -0.423. The number of rotatable bonds is 3. The second-order valence-electron chi connectivity index (χ2n) is 3.04. The van der Waals surface area contributed by atoms with Crippen molar-refractivity contribution in [2.75, 3.05) is 19.8 Å². The molecule has 6 heteroatoms. The second kappa shape index (κ2) is 5.45. The van der Waals surface area contributed by atoms with E-state index in [0.717, 1.165) is 0 Å². The van der Waals surface area contributed by atoms with E-state index in [2.05, 4.69) is 4.74 Å². The van der Waals surface area contributed by atoms with Crippen molar-refractivity contribution in [3.05, 3.63) is 21.4 Å². The molecule has 0 N–H and O–H groups in total. The van der Waals surface area contributed by atoms with Gasteiger partial charge in [0.15, 0.2) is 0 Å². The van der Waals surface area contributed by atoms with E-state index < -0.39 is 16.6 Å². The van der Waals surface area contributed by atoms with E-state index in [1.807, 2.05) is 0 Å². The van der Waals surface area contributed by atoms with Crippen LogP contribution < -0.4 is 0 Å². The fraction of sp³-hybridized carbons (Fsp3) is 0.667. The van der Waals surface area contributed by atoms with Crippen LogP contribution in [0, 0.1) is 10.1 Å². The van der Waals surface area contributed by atoms with E-state index in [1.165, 1.54) is 0 Å². The third-order valence-corrected chi connectivity index (χ3v) is 2.08. The molecule has 0 aromatic rings. The van der Waals surface area contributed by atoms with Crippen LogP contribution in [-0.4, -0.2) is 30.7 Å². The van der Waals surface area contributed by atoms with Crippen molar-refractivity contribution in [1.29, 1.82) is 0 Å². The molecule has 0 aromatic heterocycles. The van der Waals surface area contributed by atoms with Gasteiger partial charge in [-0.05, 0) is 19.8 Å². The molecule has 0 unspecified atom stereocenters. The van der Waals surface area contributed by atoms with Crippen molar-refractivity contribution in [2.45, 2.75) is 19.8 Å². The van der Waals surface area contributed by atoms with E-state index in [-0.39, 0.29) is 6.61 Å². The lowest BCUT2D eigenvalue weighted by Crippen LogP contribution is -2.20. The fourth-order valence-corrected chi connectivity index (χ4v) is 1.40. The zero-order valence-corrected chi connectivity index (χ0v) is 8.52. The van der Waals surface area contributed by atoms with Crippen molar-refractivity contribution in [2.24, 2.45) is 0 Å². The molecule has 1 saturated heterocycles. The van der Waals surface area contributed by atoms with Gasteiger partial charge in [-0.1, -0.05) is 0 Å². The zero-order chi connectivity index (χ0) is 11.3. The number of carbonyl (C=O) groups excluding carboxylic acids is 1. The highest BCUT2D eigenvalue weighted by Gasteiger charge is 2.29. The van der Waals surface area contributed by atoms with Gasteiger partial charge in [0.05, 0.1) is 24.7 Å². The van der Waals surface area contributed by atoms with E-state index >= 15 is 0 Å². The van der Waals surface area contributed by atoms with Gasteiger partial charge in [-0.25, -0.2) is 4.79 Å². The Bertz CT molecular complexity index is 289. The average molecular weight is 215 g/mol. The van der Waals surface area contributed by atoms with Crippen LogP contribution in [0.25, 0.3) is 0 Å². The molecule has 0 amide bonds. The summed E-state index contributed by atoms with van der Waals surface area (Å²) < 4.78 is 9.70. The van der Waals surface area contributed by atoms with E-state index in [0.29, 0.717) is 31.6 Å². The summed E-state index contributed by atoms with van der Waals surface area (Å²) in [4.78, 5) is 21.4. The molecule has 0 saturated carbocycles. The summed E-state index contributed by atoms with van der Waals surface area (Å²) in [7, 11) is 0. The number of nitrogens with zero attached hydrogens (tertiary/aromatic N) is 1. The molecule has 15 heavy (non-hydrogen) atoms. The quantitative estimate of drug-likeness (QED) is 0.302. The largest absolute Gasteiger partial charge is 0.458 e. The molecule has 0 bridgehead atoms. The van der Waals surface area contributed by atoms with Crippen LogP contribution in [0.4, 0.5) is 0 Å². The summed E-state index contributed by atoms with van der Waals surface area (Å²) in [5.74, 6) is -0.848. The SMILES string of the molecule is CCOC(=O)C(=C1CCOCC1)[N+](=O)[O-]. The average Bonchev–Trinajstić information content (AvgIpc) is 2.19. The number of carbonyl (C=O) groups is 1. The minimum Gasteiger partial charge on any atom is -0.458 e. The van der Waals surface area contributed by atoms with Gasteiger partial charge in [0, 0.05) is 5.57 Å². The fourth-order valence-electron chi connectivity index (χ4n) is 1.40. The molecule has 1 rings (SSSR count). The van der Waals surface area contributed by atoms with Crippen LogP contribution in [0.1, 0.15) is 19.8 Å². The molecule has 84 valence electrons. The zero-order valence-electron chi connectivity index (χ0n) is 8.52. The van der Waals surface area contributed by atoms with Gasteiger partial charge < -0.3 is 9.47 Å². The van der Waals surface area contributed by atoms with E-state index in [4.69, 9.17) is 4.74 Å². The number of nitro groups is 1.